The average molecular weight is 851 g/mol. The summed E-state index contributed by atoms with van der Waals surface area (Å²) in [5, 5.41) is 11.6. The van der Waals surface area contributed by atoms with Crippen molar-refractivity contribution in [2.75, 3.05) is 19.6 Å². The minimum atomic E-state index is 0.312. The molecule has 10 rings (SSSR count). The third-order valence-corrected chi connectivity index (χ3v) is 10.2. The Balaban J connectivity index is 0.000000134. The van der Waals surface area contributed by atoms with E-state index in [0.717, 1.165) is 56.6 Å². The van der Waals surface area contributed by atoms with E-state index >= 15 is 0 Å². The number of phenols is 1. The number of rotatable bonds is 10. The minimum absolute atomic E-state index is 0.312. The number of nitrogens with one attached hydrogen (secondary N) is 2. The van der Waals surface area contributed by atoms with E-state index in [1.54, 1.807) is 24.3 Å². The second-order valence-electron chi connectivity index (χ2n) is 14.7. The number of benzene rings is 4. The van der Waals surface area contributed by atoms with Gasteiger partial charge >= 0.3 is 0 Å². The number of halogens is 1. The van der Waals surface area contributed by atoms with E-state index in [2.05, 4.69) is 39.8 Å². The van der Waals surface area contributed by atoms with Crippen LogP contribution in [0.5, 0.6) is 17.4 Å². The molecule has 0 unspecified atom stereocenters. The molecule has 318 valence electrons. The molecule has 0 radical (unpaired) electrons. The summed E-state index contributed by atoms with van der Waals surface area (Å²) >= 11 is 5.73. The van der Waals surface area contributed by atoms with Crippen LogP contribution >= 0.6 is 11.6 Å². The summed E-state index contributed by atoms with van der Waals surface area (Å²) in [4.78, 5) is 29.5. The molecule has 4 aromatic carbocycles. The lowest BCUT2D eigenvalue weighted by molar-refractivity contribution is 0.104. The zero-order valence-corrected chi connectivity index (χ0v) is 35.3. The van der Waals surface area contributed by atoms with Gasteiger partial charge in [0.2, 0.25) is 5.88 Å². The normalized spacial score (nSPS) is 13.2. The molecule has 6 heterocycles. The van der Waals surface area contributed by atoms with Gasteiger partial charge in [0.1, 0.15) is 29.3 Å². The van der Waals surface area contributed by atoms with Crippen LogP contribution in [0.4, 0.5) is 0 Å². The summed E-state index contributed by atoms with van der Waals surface area (Å²) in [5.41, 5.74) is 5.97. The van der Waals surface area contributed by atoms with Crippen LogP contribution in [0.15, 0.2) is 151 Å². The lowest BCUT2D eigenvalue weighted by Crippen LogP contribution is -2.34. The Labute approximate surface area is 366 Å². The number of fused-ring (bicyclic) bond motifs is 3. The van der Waals surface area contributed by atoms with E-state index in [4.69, 9.17) is 30.9 Å². The Bertz CT molecular complexity index is 2580. The van der Waals surface area contributed by atoms with Crippen molar-refractivity contribution in [3.63, 3.8) is 0 Å². The third-order valence-electron chi connectivity index (χ3n) is 9.97. The van der Waals surface area contributed by atoms with E-state index in [1.165, 1.54) is 63.7 Å². The quantitative estimate of drug-likeness (QED) is 0.114. The lowest BCUT2D eigenvalue weighted by Gasteiger charge is -2.27. The Kier molecular flexibility index (Phi) is 16.4. The highest BCUT2D eigenvalue weighted by Gasteiger charge is 2.16. The van der Waals surface area contributed by atoms with Gasteiger partial charge in [-0.1, -0.05) is 78.7 Å². The predicted octanol–water partition coefficient (Wildman–Crippen LogP) is 10.9. The highest BCUT2D eigenvalue weighted by molar-refractivity contribution is 6.29. The van der Waals surface area contributed by atoms with Crippen LogP contribution < -0.4 is 4.74 Å². The first-order chi connectivity index (χ1) is 30.5. The van der Waals surface area contributed by atoms with Crippen LogP contribution in [0.2, 0.25) is 5.15 Å². The van der Waals surface area contributed by atoms with Gasteiger partial charge in [0.05, 0.1) is 43.7 Å². The van der Waals surface area contributed by atoms with E-state index in [-0.39, 0.29) is 0 Å². The Morgan fingerprint density at radius 2 is 1.23 bits per heavy atom. The molecule has 12 nitrogen and oxygen atoms in total. The van der Waals surface area contributed by atoms with Crippen molar-refractivity contribution < 1.29 is 19.3 Å². The number of ether oxygens (including phenoxy) is 3. The van der Waals surface area contributed by atoms with Gasteiger partial charge in [0.25, 0.3) is 0 Å². The number of aromatic nitrogens is 6. The van der Waals surface area contributed by atoms with Gasteiger partial charge in [0.15, 0.2) is 0 Å². The van der Waals surface area contributed by atoms with Crippen molar-refractivity contribution in [3.8, 4) is 17.4 Å². The smallest absolute Gasteiger partial charge is 0.222 e. The molecule has 8 aromatic rings. The molecule has 2 aliphatic rings. The van der Waals surface area contributed by atoms with Gasteiger partial charge in [-0.3, -0.25) is 4.99 Å². The molecule has 0 aliphatic carbocycles. The molecule has 0 spiro atoms. The zero-order chi connectivity index (χ0) is 42.6. The molecule has 0 saturated carbocycles. The molecule has 3 N–H and O–H groups in total. The summed E-state index contributed by atoms with van der Waals surface area (Å²) in [6, 6.07) is 38.6. The van der Waals surface area contributed by atoms with Crippen LogP contribution in [0, 0.1) is 0 Å². The fourth-order valence-electron chi connectivity index (χ4n) is 6.85. The first-order valence-electron chi connectivity index (χ1n) is 20.8. The van der Waals surface area contributed by atoms with E-state index in [0.29, 0.717) is 43.2 Å². The Hall–Kier alpha value is -6.60. The number of hydrogen-bond acceptors (Lipinski definition) is 10. The predicted molar refractivity (Wildman–Crippen MR) is 244 cm³/mol. The second-order valence-corrected chi connectivity index (χ2v) is 15.1. The summed E-state index contributed by atoms with van der Waals surface area (Å²) < 4.78 is 17.1. The molecular formula is C49H51ClN8O4. The maximum Gasteiger partial charge on any atom is 0.222 e. The van der Waals surface area contributed by atoms with Crippen molar-refractivity contribution in [1.29, 1.82) is 0 Å². The monoisotopic (exact) mass is 850 g/mol. The first kappa shape index (κ1) is 43.5. The van der Waals surface area contributed by atoms with Crippen LogP contribution in [0.25, 0.3) is 21.8 Å². The van der Waals surface area contributed by atoms with Crippen LogP contribution in [-0.4, -0.2) is 65.4 Å². The lowest BCUT2D eigenvalue weighted by atomic mass is 10.2. The average Bonchev–Trinajstić information content (AvgIpc) is 3.91. The zero-order valence-electron chi connectivity index (χ0n) is 34.6. The highest BCUT2D eigenvalue weighted by Crippen LogP contribution is 2.24. The summed E-state index contributed by atoms with van der Waals surface area (Å²) in [7, 11) is 0. The Morgan fingerprint density at radius 3 is 1.92 bits per heavy atom. The highest BCUT2D eigenvalue weighted by atomic mass is 35.5. The number of aromatic amines is 2. The van der Waals surface area contributed by atoms with Crippen molar-refractivity contribution in [2.24, 2.45) is 4.99 Å². The van der Waals surface area contributed by atoms with E-state index < -0.39 is 0 Å². The largest absolute Gasteiger partial charge is 0.508 e. The Morgan fingerprint density at radius 1 is 0.597 bits per heavy atom. The van der Waals surface area contributed by atoms with Gasteiger partial charge in [-0.05, 0) is 85.0 Å². The van der Waals surface area contributed by atoms with Crippen LogP contribution in [0.1, 0.15) is 54.6 Å². The van der Waals surface area contributed by atoms with Gasteiger partial charge < -0.3 is 34.2 Å². The van der Waals surface area contributed by atoms with E-state index in [1.807, 2.05) is 109 Å². The molecule has 2 aliphatic heterocycles. The number of phenolic OH excluding ortho intramolecular Hbond substituents is 1. The summed E-state index contributed by atoms with van der Waals surface area (Å²) in [6.45, 7) is 5.57. The van der Waals surface area contributed by atoms with Crippen molar-refractivity contribution in [3.05, 3.63) is 174 Å². The van der Waals surface area contributed by atoms with Crippen molar-refractivity contribution in [2.45, 2.75) is 58.5 Å². The standard InChI is InChI=1S/C20H17N3O2.C12H11ClN2O.C9H16N2.C8H7NO/c1-2-4-15(5-3-1)12-24-13-17-11-20(23-14-22-17)25-18-6-7-19-16(10-18)8-9-21-19;13-12-6-11(14-9-15-12)8-16-7-10-4-2-1-3-5-10;1-2-5-9-10-6-4-8-11(9)7-3-1;10-7-1-2-8-6(5-7)3-4-9-8/h1-11,14,21H,12-13H2;1-6,9H,7-8H2;1-8H2;1-5,9-10H. The number of aromatic hydroxyl groups is 1. The molecule has 13 heteroatoms. The van der Waals surface area contributed by atoms with Crippen molar-refractivity contribution >= 4 is 39.2 Å². The van der Waals surface area contributed by atoms with Gasteiger partial charge in [-0.25, -0.2) is 19.9 Å². The molecule has 1 fully saturated rings. The molecular weight excluding hydrogens is 800 g/mol. The summed E-state index contributed by atoms with van der Waals surface area (Å²) in [5.74, 6) is 2.95. The van der Waals surface area contributed by atoms with Gasteiger partial charge in [0, 0.05) is 66.3 Å². The SMILES string of the molecule is C1CCC2=NCCCN2CC1.Clc1cc(COCc2ccccc2)ncn1.Oc1ccc2[nH]ccc2c1.c1ccc(COCc2cc(Oc3ccc4[nH]ccc4c3)ncn2)cc1. The third kappa shape index (κ3) is 14.0. The number of H-pyrrole nitrogens is 2. The summed E-state index contributed by atoms with van der Waals surface area (Å²) in [6.07, 6.45) is 13.3. The van der Waals surface area contributed by atoms with Gasteiger partial charge in [-0.2, -0.15) is 0 Å². The first-order valence-corrected chi connectivity index (χ1v) is 21.2. The molecule has 62 heavy (non-hydrogen) atoms. The number of aliphatic imine (C=N–C) groups is 1. The van der Waals surface area contributed by atoms with Crippen molar-refractivity contribution in [1.82, 2.24) is 34.8 Å². The number of nitrogens with zero attached hydrogens (tertiary/aromatic N) is 6. The molecule has 1 saturated heterocycles. The molecule has 0 atom stereocenters. The second kappa shape index (κ2) is 23.4. The van der Waals surface area contributed by atoms with Crippen LogP contribution in [0.3, 0.4) is 0 Å². The number of amidine groups is 1. The van der Waals surface area contributed by atoms with Gasteiger partial charge in [-0.15, -0.1) is 0 Å². The fraction of sp³-hybridized carbons (Fsp3) is 0.245. The number of hydrogen-bond donors (Lipinski definition) is 3. The minimum Gasteiger partial charge on any atom is -0.508 e. The topological polar surface area (TPSA) is 147 Å². The molecule has 0 bridgehead atoms. The van der Waals surface area contributed by atoms with Crippen LogP contribution in [-0.2, 0) is 35.9 Å². The maximum absolute atomic E-state index is 9.03. The molecule has 0 amide bonds. The fourth-order valence-corrected chi connectivity index (χ4v) is 7.02. The van der Waals surface area contributed by atoms with E-state index in [9.17, 15) is 0 Å². The maximum atomic E-state index is 9.03. The molecule has 4 aromatic heterocycles.